The molecule has 1 saturated heterocycles. The Morgan fingerprint density at radius 2 is 2.17 bits per heavy atom. The molecule has 0 aliphatic carbocycles. The van der Waals surface area contributed by atoms with Gasteiger partial charge in [-0.3, -0.25) is 9.59 Å². The summed E-state index contributed by atoms with van der Waals surface area (Å²) < 4.78 is 0.906. The number of likely N-dealkylation sites (tertiary alicyclic amines) is 1. The first-order valence-corrected chi connectivity index (χ1v) is 9.07. The lowest BCUT2D eigenvalue weighted by Crippen LogP contribution is -2.54. The van der Waals surface area contributed by atoms with E-state index in [0.717, 1.165) is 29.6 Å². The number of hydrogen-bond donors (Lipinski definition) is 1. The number of halogens is 2. The molecule has 2 rings (SSSR count). The maximum Gasteiger partial charge on any atom is 0.264 e. The van der Waals surface area contributed by atoms with Crippen LogP contribution >= 0.6 is 39.7 Å². The van der Waals surface area contributed by atoms with Crippen molar-refractivity contribution in [1.82, 2.24) is 9.80 Å². The van der Waals surface area contributed by atoms with Crippen molar-refractivity contribution in [2.75, 3.05) is 20.1 Å². The lowest BCUT2D eigenvalue weighted by molar-refractivity contribution is -0.135. The monoisotopic (exact) mass is 423 g/mol. The van der Waals surface area contributed by atoms with Crippen molar-refractivity contribution in [2.45, 2.75) is 38.3 Å². The molecule has 1 aromatic heterocycles. The zero-order chi connectivity index (χ0) is 16.3. The summed E-state index contributed by atoms with van der Waals surface area (Å²) in [6.45, 7) is 2.77. The molecule has 0 aromatic carbocycles. The van der Waals surface area contributed by atoms with Gasteiger partial charge in [0.05, 0.1) is 15.2 Å². The Morgan fingerprint density at radius 1 is 1.48 bits per heavy atom. The molecule has 2 unspecified atom stereocenters. The molecule has 130 valence electrons. The van der Waals surface area contributed by atoms with E-state index in [1.165, 1.54) is 16.2 Å². The van der Waals surface area contributed by atoms with Crippen LogP contribution in [0.2, 0.25) is 0 Å². The SMILES string of the molecule is CC(N)C1CCCCN1C(=O)CN(C)C(=O)c1ccc(Br)s1.Cl. The van der Waals surface area contributed by atoms with Crippen molar-refractivity contribution < 1.29 is 9.59 Å². The summed E-state index contributed by atoms with van der Waals surface area (Å²) in [5, 5.41) is 0. The van der Waals surface area contributed by atoms with E-state index in [-0.39, 0.29) is 42.8 Å². The van der Waals surface area contributed by atoms with Crippen LogP contribution < -0.4 is 5.73 Å². The summed E-state index contributed by atoms with van der Waals surface area (Å²) in [6, 6.07) is 3.65. The van der Waals surface area contributed by atoms with Gasteiger partial charge in [0, 0.05) is 25.7 Å². The highest BCUT2D eigenvalue weighted by Gasteiger charge is 2.30. The number of hydrogen-bond acceptors (Lipinski definition) is 4. The van der Waals surface area contributed by atoms with E-state index < -0.39 is 0 Å². The Labute approximate surface area is 155 Å². The van der Waals surface area contributed by atoms with Crippen molar-refractivity contribution in [3.8, 4) is 0 Å². The number of likely N-dealkylation sites (N-methyl/N-ethyl adjacent to an activating group) is 1. The standard InChI is InChI=1S/C15H22BrN3O2S.ClH/c1-10(17)11-5-3-4-8-19(11)14(20)9-18(2)15(21)12-6-7-13(16)22-12;/h6-7,10-11H,3-5,8-9,17H2,1-2H3;1H. The van der Waals surface area contributed by atoms with E-state index in [1.54, 1.807) is 13.1 Å². The van der Waals surface area contributed by atoms with Gasteiger partial charge in [0.25, 0.3) is 5.91 Å². The zero-order valence-electron chi connectivity index (χ0n) is 13.3. The second-order valence-electron chi connectivity index (χ2n) is 5.77. The van der Waals surface area contributed by atoms with Crippen LogP contribution in [0.4, 0.5) is 0 Å². The fourth-order valence-corrected chi connectivity index (χ4v) is 4.18. The van der Waals surface area contributed by atoms with Crippen molar-refractivity contribution in [2.24, 2.45) is 5.73 Å². The van der Waals surface area contributed by atoms with Crippen molar-refractivity contribution in [1.29, 1.82) is 0 Å². The molecule has 5 nitrogen and oxygen atoms in total. The second kappa shape index (κ2) is 9.01. The van der Waals surface area contributed by atoms with Gasteiger partial charge >= 0.3 is 0 Å². The quantitative estimate of drug-likeness (QED) is 0.808. The highest BCUT2D eigenvalue weighted by molar-refractivity contribution is 9.11. The molecule has 1 aliphatic heterocycles. The Balaban J connectivity index is 0.00000264. The zero-order valence-corrected chi connectivity index (χ0v) is 16.5. The normalized spacial score (nSPS) is 19.0. The fraction of sp³-hybridized carbons (Fsp3) is 0.600. The van der Waals surface area contributed by atoms with Crippen LogP contribution in [0.5, 0.6) is 0 Å². The third-order valence-electron chi connectivity index (χ3n) is 3.98. The molecule has 23 heavy (non-hydrogen) atoms. The maximum atomic E-state index is 12.5. The van der Waals surface area contributed by atoms with Gasteiger partial charge in [0.15, 0.2) is 0 Å². The first kappa shape index (κ1) is 20.4. The second-order valence-corrected chi connectivity index (χ2v) is 8.24. The van der Waals surface area contributed by atoms with E-state index in [0.29, 0.717) is 4.88 Å². The van der Waals surface area contributed by atoms with Crippen LogP contribution in [0.3, 0.4) is 0 Å². The molecule has 0 radical (unpaired) electrons. The minimum atomic E-state index is -0.126. The van der Waals surface area contributed by atoms with E-state index in [2.05, 4.69) is 15.9 Å². The van der Waals surface area contributed by atoms with Crippen molar-refractivity contribution >= 4 is 51.5 Å². The molecule has 8 heteroatoms. The van der Waals surface area contributed by atoms with Gasteiger partial charge in [-0.15, -0.1) is 23.7 Å². The van der Waals surface area contributed by atoms with Crippen molar-refractivity contribution in [3.05, 3.63) is 20.8 Å². The molecule has 0 bridgehead atoms. The summed E-state index contributed by atoms with van der Waals surface area (Å²) in [5.41, 5.74) is 6.00. The third kappa shape index (κ3) is 5.17. The van der Waals surface area contributed by atoms with Gasteiger partial charge in [-0.25, -0.2) is 0 Å². The van der Waals surface area contributed by atoms with Gasteiger partial charge in [-0.2, -0.15) is 0 Å². The largest absolute Gasteiger partial charge is 0.337 e. The number of carbonyl (C=O) groups is 2. The molecule has 1 aromatic rings. The minimum Gasteiger partial charge on any atom is -0.337 e. The molecule has 0 saturated carbocycles. The Hall–Kier alpha value is -0.630. The van der Waals surface area contributed by atoms with Crippen LogP contribution in [-0.4, -0.2) is 53.8 Å². The van der Waals surface area contributed by atoms with Crippen LogP contribution in [0.15, 0.2) is 15.9 Å². The molecular weight excluding hydrogens is 402 g/mol. The average molecular weight is 425 g/mol. The molecule has 2 amide bonds. The lowest BCUT2D eigenvalue weighted by Gasteiger charge is -2.38. The van der Waals surface area contributed by atoms with Crippen LogP contribution in [0, 0.1) is 0 Å². The summed E-state index contributed by atoms with van der Waals surface area (Å²) >= 11 is 4.72. The number of amides is 2. The van der Waals surface area contributed by atoms with Gasteiger partial charge in [0.1, 0.15) is 0 Å². The highest BCUT2D eigenvalue weighted by atomic mass is 79.9. The van der Waals surface area contributed by atoms with E-state index in [4.69, 9.17) is 5.73 Å². The topological polar surface area (TPSA) is 66.6 Å². The Bertz CT molecular complexity index is 553. The molecule has 1 aliphatic rings. The molecule has 2 N–H and O–H groups in total. The third-order valence-corrected chi connectivity index (χ3v) is 5.59. The van der Waals surface area contributed by atoms with Crippen LogP contribution in [0.25, 0.3) is 0 Å². The number of rotatable bonds is 4. The summed E-state index contributed by atoms with van der Waals surface area (Å²) in [5.74, 6) is -0.146. The van der Waals surface area contributed by atoms with Gasteiger partial charge in [0.2, 0.25) is 5.91 Å². The lowest BCUT2D eigenvalue weighted by atomic mass is 9.97. The number of piperidine rings is 1. The molecule has 1 fully saturated rings. The molecule has 2 heterocycles. The Morgan fingerprint density at radius 3 is 2.74 bits per heavy atom. The van der Waals surface area contributed by atoms with E-state index >= 15 is 0 Å². The maximum absolute atomic E-state index is 12.5. The predicted molar refractivity (Wildman–Crippen MR) is 99.2 cm³/mol. The summed E-state index contributed by atoms with van der Waals surface area (Å²) in [4.78, 5) is 28.8. The number of nitrogens with zero attached hydrogens (tertiary/aromatic N) is 2. The van der Waals surface area contributed by atoms with Crippen LogP contribution in [-0.2, 0) is 4.79 Å². The number of thiophene rings is 1. The molecular formula is C15H23BrClN3O2S. The smallest absolute Gasteiger partial charge is 0.264 e. The van der Waals surface area contributed by atoms with Gasteiger partial charge in [-0.05, 0) is 54.2 Å². The van der Waals surface area contributed by atoms with Gasteiger partial charge in [-0.1, -0.05) is 0 Å². The summed E-state index contributed by atoms with van der Waals surface area (Å²) in [6.07, 6.45) is 3.05. The van der Waals surface area contributed by atoms with E-state index in [1.807, 2.05) is 17.9 Å². The fourth-order valence-electron chi connectivity index (χ4n) is 2.80. The predicted octanol–water partition coefficient (Wildman–Crippen LogP) is 2.73. The van der Waals surface area contributed by atoms with E-state index in [9.17, 15) is 9.59 Å². The van der Waals surface area contributed by atoms with Gasteiger partial charge < -0.3 is 15.5 Å². The van der Waals surface area contributed by atoms with Crippen molar-refractivity contribution in [3.63, 3.8) is 0 Å². The number of carbonyl (C=O) groups excluding carboxylic acids is 2. The first-order chi connectivity index (χ1) is 10.4. The molecule has 0 spiro atoms. The van der Waals surface area contributed by atoms with Crippen LogP contribution in [0.1, 0.15) is 35.9 Å². The molecule has 2 atom stereocenters. The first-order valence-electron chi connectivity index (χ1n) is 7.46. The Kier molecular flexibility index (Phi) is 8.00. The highest BCUT2D eigenvalue weighted by Crippen LogP contribution is 2.23. The number of nitrogens with two attached hydrogens (primary N) is 1. The summed E-state index contributed by atoms with van der Waals surface area (Å²) in [7, 11) is 1.67. The average Bonchev–Trinajstić information content (AvgIpc) is 2.92. The minimum absolute atomic E-state index is 0.